The van der Waals surface area contributed by atoms with Crippen LogP contribution in [0.2, 0.25) is 0 Å². The Labute approximate surface area is 94.5 Å². The van der Waals surface area contributed by atoms with E-state index >= 15 is 0 Å². The van der Waals surface area contributed by atoms with Gasteiger partial charge in [0.05, 0.1) is 11.7 Å². The van der Waals surface area contributed by atoms with Gasteiger partial charge in [0, 0.05) is 6.54 Å². The summed E-state index contributed by atoms with van der Waals surface area (Å²) < 4.78 is 50.0. The van der Waals surface area contributed by atoms with E-state index in [4.69, 9.17) is 5.73 Å². The quantitative estimate of drug-likeness (QED) is 0.709. The topological polar surface area (TPSA) is 66.5 Å². The van der Waals surface area contributed by atoms with E-state index in [1.807, 2.05) is 0 Å². The molecule has 0 saturated heterocycles. The summed E-state index contributed by atoms with van der Waals surface area (Å²) in [7, 11) is 0. The van der Waals surface area contributed by atoms with Crippen LogP contribution in [0.3, 0.4) is 0 Å². The van der Waals surface area contributed by atoms with Gasteiger partial charge >= 0.3 is 6.18 Å². The molecule has 0 aliphatic rings. The monoisotopic (exact) mass is 253 g/mol. The fourth-order valence-electron chi connectivity index (χ4n) is 1.30. The minimum Gasteiger partial charge on any atom is -0.389 e. The van der Waals surface area contributed by atoms with Crippen LogP contribution in [0.1, 0.15) is 17.2 Å². The third-order valence-corrected chi connectivity index (χ3v) is 2.24. The van der Waals surface area contributed by atoms with Crippen molar-refractivity contribution in [3.63, 3.8) is 0 Å². The van der Waals surface area contributed by atoms with E-state index in [0.29, 0.717) is 12.1 Å². The van der Waals surface area contributed by atoms with E-state index in [9.17, 15) is 27.8 Å². The molecule has 0 radical (unpaired) electrons. The van der Waals surface area contributed by atoms with Gasteiger partial charge in [-0.15, -0.1) is 0 Å². The molecule has 1 rings (SSSR count). The largest absolute Gasteiger partial charge is 0.419 e. The highest BCUT2D eigenvalue weighted by molar-refractivity contribution is 5.29. The summed E-state index contributed by atoms with van der Waals surface area (Å²) in [6.07, 6.45) is -7.84. The Morgan fingerprint density at radius 2 is 1.82 bits per heavy atom. The third-order valence-electron chi connectivity index (χ3n) is 2.24. The van der Waals surface area contributed by atoms with E-state index in [-0.39, 0.29) is 12.1 Å². The van der Waals surface area contributed by atoms with Crippen molar-refractivity contribution in [3.8, 4) is 0 Å². The zero-order valence-corrected chi connectivity index (χ0v) is 8.58. The molecule has 0 aliphatic carbocycles. The van der Waals surface area contributed by atoms with Gasteiger partial charge in [-0.3, -0.25) is 0 Å². The predicted molar refractivity (Wildman–Crippen MR) is 51.4 cm³/mol. The number of rotatable bonds is 3. The summed E-state index contributed by atoms with van der Waals surface area (Å²) in [5.41, 5.74) is 3.33. The first-order valence-corrected chi connectivity index (χ1v) is 4.70. The lowest BCUT2D eigenvalue weighted by Gasteiger charge is -2.18. The Bertz CT molecular complexity index is 394. The average Bonchev–Trinajstić information content (AvgIpc) is 2.26. The zero-order chi connectivity index (χ0) is 13.2. The minimum absolute atomic E-state index is 0.239. The molecular weight excluding hydrogens is 242 g/mol. The van der Waals surface area contributed by atoms with Gasteiger partial charge in [0.15, 0.2) is 0 Å². The molecule has 0 saturated carbocycles. The molecule has 3 nitrogen and oxygen atoms in total. The van der Waals surface area contributed by atoms with Crippen molar-refractivity contribution >= 4 is 0 Å². The summed E-state index contributed by atoms with van der Waals surface area (Å²) in [5, 5.41) is 18.6. The van der Waals surface area contributed by atoms with Crippen molar-refractivity contribution in [1.29, 1.82) is 0 Å². The van der Waals surface area contributed by atoms with Crippen LogP contribution in [0.15, 0.2) is 18.2 Å². The Morgan fingerprint density at radius 3 is 2.29 bits per heavy atom. The Kier molecular flexibility index (Phi) is 4.07. The highest BCUT2D eigenvalue weighted by atomic mass is 19.4. The molecule has 0 aromatic heterocycles. The van der Waals surface area contributed by atoms with E-state index in [1.54, 1.807) is 0 Å². The fraction of sp³-hybridized carbons (Fsp3) is 0.400. The van der Waals surface area contributed by atoms with Crippen molar-refractivity contribution in [2.45, 2.75) is 18.4 Å². The molecule has 0 spiro atoms. The van der Waals surface area contributed by atoms with Crippen molar-refractivity contribution in [3.05, 3.63) is 35.1 Å². The van der Waals surface area contributed by atoms with E-state index < -0.39 is 29.8 Å². The lowest BCUT2D eigenvalue weighted by atomic mass is 10.0. The zero-order valence-electron chi connectivity index (χ0n) is 8.58. The maximum Gasteiger partial charge on any atom is 0.419 e. The number of halogens is 4. The van der Waals surface area contributed by atoms with Crippen LogP contribution in [0.5, 0.6) is 0 Å². The number of hydrogen-bond acceptors (Lipinski definition) is 3. The second-order valence-corrected chi connectivity index (χ2v) is 3.48. The summed E-state index contributed by atoms with van der Waals surface area (Å²) >= 11 is 0. The van der Waals surface area contributed by atoms with Crippen molar-refractivity contribution in [2.24, 2.45) is 5.73 Å². The third kappa shape index (κ3) is 3.15. The second-order valence-electron chi connectivity index (χ2n) is 3.48. The van der Waals surface area contributed by atoms with Crippen molar-refractivity contribution in [2.75, 3.05) is 6.54 Å². The van der Waals surface area contributed by atoms with Crippen LogP contribution in [-0.4, -0.2) is 22.9 Å². The maximum atomic E-state index is 12.9. The molecule has 0 aliphatic heterocycles. The normalized spacial score (nSPS) is 15.7. The standard InChI is InChI=1S/C10H11F4NO2/c11-7-2-1-5(9(17)8(16)4-15)3-6(7)10(12,13)14/h1-3,8-9,16-17H,4,15H2. The molecule has 2 unspecified atom stereocenters. The molecule has 7 heteroatoms. The number of aliphatic hydroxyl groups is 2. The number of nitrogens with two attached hydrogens (primary N) is 1. The second kappa shape index (κ2) is 4.99. The molecule has 17 heavy (non-hydrogen) atoms. The fourth-order valence-corrected chi connectivity index (χ4v) is 1.30. The van der Waals surface area contributed by atoms with E-state index in [0.717, 1.165) is 6.07 Å². The number of hydrogen-bond donors (Lipinski definition) is 3. The van der Waals surface area contributed by atoms with Gasteiger partial charge in [0.2, 0.25) is 0 Å². The van der Waals surface area contributed by atoms with E-state index in [2.05, 4.69) is 0 Å². The molecule has 2 atom stereocenters. The van der Waals surface area contributed by atoms with Gasteiger partial charge in [0.25, 0.3) is 0 Å². The smallest absolute Gasteiger partial charge is 0.389 e. The lowest BCUT2D eigenvalue weighted by Crippen LogP contribution is -2.27. The van der Waals surface area contributed by atoms with Crippen LogP contribution in [0.4, 0.5) is 17.6 Å². The number of aliphatic hydroxyl groups excluding tert-OH is 2. The lowest BCUT2D eigenvalue weighted by molar-refractivity contribution is -0.140. The van der Waals surface area contributed by atoms with Gasteiger partial charge in [-0.05, 0) is 17.7 Å². The maximum absolute atomic E-state index is 12.9. The van der Waals surface area contributed by atoms with Crippen LogP contribution in [0, 0.1) is 5.82 Å². The molecule has 0 amide bonds. The van der Waals surface area contributed by atoms with Crippen LogP contribution in [0.25, 0.3) is 0 Å². The highest BCUT2D eigenvalue weighted by Crippen LogP contribution is 2.33. The van der Waals surface area contributed by atoms with E-state index in [1.165, 1.54) is 0 Å². The summed E-state index contributed by atoms with van der Waals surface area (Å²) in [5.74, 6) is -1.43. The average molecular weight is 253 g/mol. The molecule has 0 fully saturated rings. The van der Waals surface area contributed by atoms with Crippen LogP contribution in [-0.2, 0) is 6.18 Å². The Morgan fingerprint density at radius 1 is 1.24 bits per heavy atom. The first-order valence-electron chi connectivity index (χ1n) is 4.70. The van der Waals surface area contributed by atoms with Gasteiger partial charge in [-0.25, -0.2) is 4.39 Å². The first-order chi connectivity index (χ1) is 7.77. The number of benzene rings is 1. The van der Waals surface area contributed by atoms with Crippen molar-refractivity contribution in [1.82, 2.24) is 0 Å². The summed E-state index contributed by atoms with van der Waals surface area (Å²) in [6, 6.07) is 2.01. The van der Waals surface area contributed by atoms with Gasteiger partial charge in [-0.1, -0.05) is 6.07 Å². The molecule has 96 valence electrons. The Hall–Kier alpha value is -1.18. The molecule has 4 N–H and O–H groups in total. The Balaban J connectivity index is 3.13. The number of alkyl halides is 3. The SMILES string of the molecule is NCC(O)C(O)c1ccc(F)c(C(F)(F)F)c1. The highest BCUT2D eigenvalue weighted by Gasteiger charge is 2.35. The molecular formula is C10H11F4NO2. The summed E-state index contributed by atoms with van der Waals surface area (Å²) in [4.78, 5) is 0. The minimum atomic E-state index is -4.85. The van der Waals surface area contributed by atoms with Crippen LogP contribution < -0.4 is 5.73 Å². The molecule has 0 heterocycles. The molecule has 1 aromatic rings. The van der Waals surface area contributed by atoms with Gasteiger partial charge < -0.3 is 15.9 Å². The molecule has 0 bridgehead atoms. The van der Waals surface area contributed by atoms with Crippen molar-refractivity contribution < 1.29 is 27.8 Å². The first kappa shape index (κ1) is 13.9. The van der Waals surface area contributed by atoms with Gasteiger partial charge in [-0.2, -0.15) is 13.2 Å². The van der Waals surface area contributed by atoms with Crippen LogP contribution >= 0.6 is 0 Å². The predicted octanol–water partition coefficient (Wildman–Crippen LogP) is 1.20. The van der Waals surface area contributed by atoms with Gasteiger partial charge in [0.1, 0.15) is 11.9 Å². The summed E-state index contributed by atoms with van der Waals surface area (Å²) in [6.45, 7) is -0.320. The molecule has 1 aromatic carbocycles.